The number of hydrogen-bond acceptors (Lipinski definition) is 4. The number of para-hydroxylation sites is 5. The molecule has 1 spiro atoms. The molecule has 6 heteroatoms. The SMILES string of the molecule is c1ccc(-c2nc(-c3ccccc3)nc(-n3c4ccccc4c4ccc5c(c43)Oc3ccccc3C53c4ccccc4-n4c5ccccc5c5cccc3c54)n2)cc1. The van der Waals surface area contributed by atoms with Crippen molar-refractivity contribution >= 4 is 43.6 Å². The van der Waals surface area contributed by atoms with E-state index >= 15 is 0 Å². The molecule has 1 unspecified atom stereocenters. The highest BCUT2D eigenvalue weighted by molar-refractivity contribution is 6.14. The summed E-state index contributed by atoms with van der Waals surface area (Å²) in [6, 6.07) is 66.4. The zero-order valence-electron chi connectivity index (χ0n) is 31.0. The van der Waals surface area contributed by atoms with Gasteiger partial charge >= 0.3 is 0 Å². The van der Waals surface area contributed by atoms with Gasteiger partial charge in [-0.1, -0.05) is 164 Å². The van der Waals surface area contributed by atoms with Gasteiger partial charge in [0.1, 0.15) is 11.3 Å². The first-order valence-electron chi connectivity index (χ1n) is 19.6. The molecule has 2 aliphatic heterocycles. The van der Waals surface area contributed by atoms with Crippen LogP contribution in [0.15, 0.2) is 188 Å². The monoisotopic (exact) mass is 741 g/mol. The summed E-state index contributed by atoms with van der Waals surface area (Å²) in [6.45, 7) is 0. The van der Waals surface area contributed by atoms with Gasteiger partial charge in [0, 0.05) is 43.8 Å². The highest BCUT2D eigenvalue weighted by atomic mass is 16.5. The van der Waals surface area contributed by atoms with Crippen molar-refractivity contribution in [1.82, 2.24) is 24.1 Å². The van der Waals surface area contributed by atoms with Crippen molar-refractivity contribution in [3.8, 4) is 45.9 Å². The Morgan fingerprint density at radius 3 is 1.66 bits per heavy atom. The molecule has 11 aromatic rings. The lowest BCUT2D eigenvalue weighted by molar-refractivity contribution is 0.437. The van der Waals surface area contributed by atoms with Gasteiger partial charge in [0.25, 0.3) is 0 Å². The molecule has 0 N–H and O–H groups in total. The van der Waals surface area contributed by atoms with E-state index in [4.69, 9.17) is 19.7 Å². The fourth-order valence-corrected chi connectivity index (χ4v) is 9.93. The van der Waals surface area contributed by atoms with Crippen molar-refractivity contribution in [2.45, 2.75) is 5.41 Å². The van der Waals surface area contributed by atoms with Crippen LogP contribution in [0.2, 0.25) is 0 Å². The second-order valence-electron chi connectivity index (χ2n) is 15.1. The molecule has 5 heterocycles. The molecule has 0 saturated heterocycles. The van der Waals surface area contributed by atoms with Crippen molar-refractivity contribution < 1.29 is 4.74 Å². The van der Waals surface area contributed by atoms with Gasteiger partial charge in [-0.2, -0.15) is 9.97 Å². The largest absolute Gasteiger partial charge is 0.454 e. The molecule has 2 aliphatic rings. The molecular weight excluding hydrogens is 711 g/mol. The predicted molar refractivity (Wildman–Crippen MR) is 231 cm³/mol. The average Bonchev–Trinajstić information content (AvgIpc) is 3.82. The van der Waals surface area contributed by atoms with Crippen LogP contribution in [0, 0.1) is 0 Å². The topological polar surface area (TPSA) is 57.8 Å². The van der Waals surface area contributed by atoms with E-state index in [0.717, 1.165) is 61.2 Å². The molecule has 0 radical (unpaired) electrons. The number of benzene rings is 8. The van der Waals surface area contributed by atoms with Crippen LogP contribution in [-0.2, 0) is 5.41 Å². The molecule has 58 heavy (non-hydrogen) atoms. The first-order chi connectivity index (χ1) is 28.8. The van der Waals surface area contributed by atoms with Crippen LogP contribution in [0.4, 0.5) is 0 Å². The highest BCUT2D eigenvalue weighted by Crippen LogP contribution is 2.61. The number of ether oxygens (including phenoxy) is 1. The van der Waals surface area contributed by atoms with Crippen molar-refractivity contribution in [1.29, 1.82) is 0 Å². The zero-order chi connectivity index (χ0) is 38.0. The summed E-state index contributed by atoms with van der Waals surface area (Å²) in [5.74, 6) is 3.33. The molecule has 13 rings (SSSR count). The van der Waals surface area contributed by atoms with E-state index in [2.05, 4.69) is 137 Å². The third-order valence-corrected chi connectivity index (χ3v) is 12.2. The molecule has 8 aromatic carbocycles. The highest BCUT2D eigenvalue weighted by Gasteiger charge is 2.51. The fourth-order valence-electron chi connectivity index (χ4n) is 9.93. The number of fused-ring (bicyclic) bond motifs is 15. The van der Waals surface area contributed by atoms with Gasteiger partial charge in [0.05, 0.1) is 27.7 Å². The van der Waals surface area contributed by atoms with Gasteiger partial charge in [-0.15, -0.1) is 0 Å². The van der Waals surface area contributed by atoms with E-state index in [9.17, 15) is 0 Å². The summed E-state index contributed by atoms with van der Waals surface area (Å²) in [4.78, 5) is 15.6. The zero-order valence-corrected chi connectivity index (χ0v) is 31.0. The third kappa shape index (κ3) is 4.03. The first kappa shape index (κ1) is 31.4. The minimum atomic E-state index is -0.719. The van der Waals surface area contributed by atoms with E-state index in [0.29, 0.717) is 17.6 Å². The maximum atomic E-state index is 7.30. The lowest BCUT2D eigenvalue weighted by atomic mass is 9.61. The normalized spacial score (nSPS) is 15.1. The molecule has 270 valence electrons. The predicted octanol–water partition coefficient (Wildman–Crippen LogP) is 12.2. The number of hydrogen-bond donors (Lipinski definition) is 0. The van der Waals surface area contributed by atoms with E-state index in [1.807, 2.05) is 60.7 Å². The van der Waals surface area contributed by atoms with Gasteiger partial charge in [0.2, 0.25) is 5.95 Å². The van der Waals surface area contributed by atoms with E-state index in [1.165, 1.54) is 32.9 Å². The minimum Gasteiger partial charge on any atom is -0.454 e. The molecule has 0 bridgehead atoms. The molecule has 6 nitrogen and oxygen atoms in total. The van der Waals surface area contributed by atoms with Gasteiger partial charge in [0.15, 0.2) is 17.4 Å². The number of aromatic nitrogens is 5. The maximum absolute atomic E-state index is 7.30. The molecule has 0 aliphatic carbocycles. The second-order valence-corrected chi connectivity index (χ2v) is 15.1. The molecule has 0 saturated carbocycles. The average molecular weight is 742 g/mol. The van der Waals surface area contributed by atoms with Gasteiger partial charge in [-0.3, -0.25) is 4.57 Å². The Labute approximate surface area is 332 Å². The van der Waals surface area contributed by atoms with Gasteiger partial charge in [-0.05, 0) is 35.4 Å². The Morgan fingerprint density at radius 2 is 0.931 bits per heavy atom. The van der Waals surface area contributed by atoms with Crippen LogP contribution in [0.3, 0.4) is 0 Å². The molecule has 0 amide bonds. The summed E-state index contributed by atoms with van der Waals surface area (Å²) in [5, 5.41) is 4.62. The van der Waals surface area contributed by atoms with Gasteiger partial charge in [-0.25, -0.2) is 4.98 Å². The van der Waals surface area contributed by atoms with Gasteiger partial charge < -0.3 is 9.30 Å². The van der Waals surface area contributed by atoms with Crippen LogP contribution in [-0.4, -0.2) is 24.1 Å². The maximum Gasteiger partial charge on any atom is 0.238 e. The lowest BCUT2D eigenvalue weighted by Gasteiger charge is -2.45. The Hall–Kier alpha value is -7.83. The van der Waals surface area contributed by atoms with E-state index in [-0.39, 0.29) is 0 Å². The van der Waals surface area contributed by atoms with Crippen molar-refractivity contribution in [2.24, 2.45) is 0 Å². The summed E-state index contributed by atoms with van der Waals surface area (Å²) >= 11 is 0. The minimum absolute atomic E-state index is 0.523. The smallest absolute Gasteiger partial charge is 0.238 e. The van der Waals surface area contributed by atoms with Crippen molar-refractivity contribution in [2.75, 3.05) is 0 Å². The summed E-state index contributed by atoms with van der Waals surface area (Å²) in [7, 11) is 0. The van der Waals surface area contributed by atoms with Crippen LogP contribution in [0.1, 0.15) is 22.3 Å². The fraction of sp³-hybridized carbons (Fsp3) is 0.0192. The lowest BCUT2D eigenvalue weighted by Crippen LogP contribution is -2.37. The standard InChI is InChI=1S/C52H31N5O/c1-3-16-32(17-4-1)49-53-50(33-18-5-2-6-19-33)55-51(54-49)57-43-27-12-8-21-35(43)37-30-31-41-48(47(37)57)58-45-29-14-10-24-39(45)52(41)38-23-9-13-28-44(38)56-42-26-11-7-20-34(42)36-22-15-25-40(52)46(36)56/h1-31H. The Kier molecular flexibility index (Phi) is 6.28. The number of nitrogens with zero attached hydrogens (tertiary/aromatic N) is 5. The van der Waals surface area contributed by atoms with Crippen LogP contribution in [0.5, 0.6) is 11.5 Å². The quantitative estimate of drug-likeness (QED) is 0.181. The Morgan fingerprint density at radius 1 is 0.379 bits per heavy atom. The Bertz CT molecular complexity index is 3440. The van der Waals surface area contributed by atoms with Crippen LogP contribution in [0.25, 0.3) is 78.0 Å². The third-order valence-electron chi connectivity index (χ3n) is 12.2. The summed E-state index contributed by atoms with van der Waals surface area (Å²) in [5.41, 5.74) is 11.2. The van der Waals surface area contributed by atoms with E-state index < -0.39 is 5.41 Å². The van der Waals surface area contributed by atoms with Crippen LogP contribution < -0.4 is 4.74 Å². The second kappa shape index (κ2) is 11.6. The molecule has 1 atom stereocenters. The molecule has 0 fully saturated rings. The number of rotatable bonds is 3. The van der Waals surface area contributed by atoms with Crippen molar-refractivity contribution in [3.63, 3.8) is 0 Å². The molecular formula is C52H31N5O. The molecule has 3 aromatic heterocycles. The summed E-state index contributed by atoms with van der Waals surface area (Å²) < 4.78 is 12.0. The summed E-state index contributed by atoms with van der Waals surface area (Å²) in [6.07, 6.45) is 0. The first-order valence-corrected chi connectivity index (χ1v) is 19.6. The Balaban J connectivity index is 1.20. The van der Waals surface area contributed by atoms with Crippen LogP contribution >= 0.6 is 0 Å². The van der Waals surface area contributed by atoms with E-state index in [1.54, 1.807) is 0 Å². The van der Waals surface area contributed by atoms with Crippen molar-refractivity contribution in [3.05, 3.63) is 210 Å².